The van der Waals surface area contributed by atoms with Crippen molar-refractivity contribution in [3.63, 3.8) is 0 Å². The predicted molar refractivity (Wildman–Crippen MR) is 118 cm³/mol. The van der Waals surface area contributed by atoms with Gasteiger partial charge in [-0.25, -0.2) is 4.99 Å². The van der Waals surface area contributed by atoms with Crippen LogP contribution in [0.3, 0.4) is 0 Å². The molecule has 5 nitrogen and oxygen atoms in total. The van der Waals surface area contributed by atoms with Crippen LogP contribution >= 0.6 is 24.0 Å². The number of aliphatic imine (C=N–C) groups is 1. The van der Waals surface area contributed by atoms with Gasteiger partial charge in [-0.1, -0.05) is 24.3 Å². The van der Waals surface area contributed by atoms with Crippen LogP contribution in [0.2, 0.25) is 0 Å². The van der Waals surface area contributed by atoms with Crippen molar-refractivity contribution in [2.45, 2.75) is 39.8 Å². The molecule has 0 radical (unpaired) electrons. The van der Waals surface area contributed by atoms with Gasteiger partial charge in [0.15, 0.2) is 5.96 Å². The van der Waals surface area contributed by atoms with E-state index in [9.17, 15) is 0 Å². The first kappa shape index (κ1) is 23.2. The summed E-state index contributed by atoms with van der Waals surface area (Å²) in [5.74, 6) is 1.73. The third-order valence-corrected chi connectivity index (χ3v) is 4.30. The standard InChI is InChI=1S/C20H33N3O2.HI/c1-4-21-20(23(3)12-13-25-15-17-10-11-17)22-14-18-8-6-7-9-19(18)16-24-5-2;/h6-9,17H,4-5,10-16H2,1-3H3,(H,21,22);1H. The van der Waals surface area contributed by atoms with Crippen molar-refractivity contribution in [1.82, 2.24) is 10.2 Å². The molecule has 26 heavy (non-hydrogen) atoms. The van der Waals surface area contributed by atoms with Crippen molar-refractivity contribution < 1.29 is 9.47 Å². The number of benzene rings is 1. The van der Waals surface area contributed by atoms with Gasteiger partial charge in [-0.2, -0.15) is 0 Å². The van der Waals surface area contributed by atoms with E-state index in [0.717, 1.165) is 44.8 Å². The summed E-state index contributed by atoms with van der Waals surface area (Å²) in [6, 6.07) is 8.35. The number of halogens is 1. The number of likely N-dealkylation sites (N-methyl/N-ethyl adjacent to an activating group) is 1. The van der Waals surface area contributed by atoms with Crippen LogP contribution < -0.4 is 5.32 Å². The van der Waals surface area contributed by atoms with Crippen LogP contribution in [0.25, 0.3) is 0 Å². The molecule has 6 heteroatoms. The number of hydrogen-bond acceptors (Lipinski definition) is 3. The third-order valence-electron chi connectivity index (χ3n) is 4.30. The highest BCUT2D eigenvalue weighted by Crippen LogP contribution is 2.28. The lowest BCUT2D eigenvalue weighted by atomic mass is 10.1. The zero-order chi connectivity index (χ0) is 17.9. The predicted octanol–water partition coefficient (Wildman–Crippen LogP) is 3.67. The van der Waals surface area contributed by atoms with E-state index in [0.29, 0.717) is 13.2 Å². The van der Waals surface area contributed by atoms with Gasteiger partial charge in [-0.05, 0) is 43.7 Å². The van der Waals surface area contributed by atoms with Gasteiger partial charge >= 0.3 is 0 Å². The molecule has 0 atom stereocenters. The molecule has 1 aromatic rings. The zero-order valence-electron chi connectivity index (χ0n) is 16.4. The molecule has 0 heterocycles. The number of guanidine groups is 1. The van der Waals surface area contributed by atoms with E-state index in [1.165, 1.54) is 24.0 Å². The van der Waals surface area contributed by atoms with Crippen molar-refractivity contribution >= 4 is 29.9 Å². The fraction of sp³-hybridized carbons (Fsp3) is 0.650. The summed E-state index contributed by atoms with van der Waals surface area (Å²) in [6.45, 7) is 9.49. The van der Waals surface area contributed by atoms with Crippen molar-refractivity contribution in [3.05, 3.63) is 35.4 Å². The first-order valence-electron chi connectivity index (χ1n) is 9.46. The number of hydrogen-bond donors (Lipinski definition) is 1. The summed E-state index contributed by atoms with van der Waals surface area (Å²) < 4.78 is 11.3. The number of nitrogens with one attached hydrogen (secondary N) is 1. The Hall–Kier alpha value is -0.860. The van der Waals surface area contributed by atoms with Gasteiger partial charge < -0.3 is 19.7 Å². The van der Waals surface area contributed by atoms with Crippen LogP contribution in [0.1, 0.15) is 37.8 Å². The minimum atomic E-state index is 0. The monoisotopic (exact) mass is 475 g/mol. The van der Waals surface area contributed by atoms with E-state index in [1.54, 1.807) is 0 Å². The fourth-order valence-corrected chi connectivity index (χ4v) is 2.54. The van der Waals surface area contributed by atoms with Crippen LogP contribution in [-0.2, 0) is 22.6 Å². The fourth-order valence-electron chi connectivity index (χ4n) is 2.54. The molecule has 0 unspecified atom stereocenters. The van der Waals surface area contributed by atoms with E-state index in [1.807, 2.05) is 6.92 Å². The van der Waals surface area contributed by atoms with E-state index in [4.69, 9.17) is 14.5 Å². The molecule has 0 aromatic heterocycles. The van der Waals surface area contributed by atoms with E-state index >= 15 is 0 Å². The van der Waals surface area contributed by atoms with E-state index in [2.05, 4.69) is 48.5 Å². The van der Waals surface area contributed by atoms with Gasteiger partial charge in [0.1, 0.15) is 0 Å². The van der Waals surface area contributed by atoms with Gasteiger partial charge in [0.25, 0.3) is 0 Å². The quantitative estimate of drug-likeness (QED) is 0.230. The number of ether oxygens (including phenoxy) is 2. The lowest BCUT2D eigenvalue weighted by Gasteiger charge is -2.22. The molecular formula is C20H34IN3O2. The minimum absolute atomic E-state index is 0. The Balaban J connectivity index is 0.00000338. The first-order chi connectivity index (χ1) is 12.2. The van der Waals surface area contributed by atoms with Crippen LogP contribution in [0, 0.1) is 5.92 Å². The zero-order valence-corrected chi connectivity index (χ0v) is 18.7. The van der Waals surface area contributed by atoms with Gasteiger partial charge in [0, 0.05) is 33.4 Å². The Bertz CT molecular complexity index is 536. The van der Waals surface area contributed by atoms with Crippen molar-refractivity contribution in [1.29, 1.82) is 0 Å². The van der Waals surface area contributed by atoms with Crippen molar-refractivity contribution in [2.75, 3.05) is 40.0 Å². The minimum Gasteiger partial charge on any atom is -0.379 e. The number of nitrogens with zero attached hydrogens (tertiary/aromatic N) is 2. The second-order valence-electron chi connectivity index (χ2n) is 6.52. The summed E-state index contributed by atoms with van der Waals surface area (Å²) in [6.07, 6.45) is 2.67. The maximum atomic E-state index is 5.74. The smallest absolute Gasteiger partial charge is 0.194 e. The third kappa shape index (κ3) is 8.68. The van der Waals surface area contributed by atoms with Gasteiger partial charge in [-0.3, -0.25) is 0 Å². The average molecular weight is 475 g/mol. The molecule has 0 saturated heterocycles. The van der Waals surface area contributed by atoms with E-state index < -0.39 is 0 Å². The molecule has 0 amide bonds. The molecule has 1 N–H and O–H groups in total. The molecule has 0 aliphatic heterocycles. The molecule has 2 rings (SSSR count). The topological polar surface area (TPSA) is 46.1 Å². The van der Waals surface area contributed by atoms with Gasteiger partial charge in [0.05, 0.1) is 19.8 Å². The summed E-state index contributed by atoms with van der Waals surface area (Å²) in [5.41, 5.74) is 2.42. The molecule has 1 aliphatic rings. The molecule has 0 spiro atoms. The Kier molecular flexibility index (Phi) is 11.9. The molecule has 148 valence electrons. The average Bonchev–Trinajstić information content (AvgIpc) is 3.45. The number of rotatable bonds is 11. The van der Waals surface area contributed by atoms with Crippen LogP contribution in [0.15, 0.2) is 29.3 Å². The van der Waals surface area contributed by atoms with Crippen LogP contribution in [-0.4, -0.2) is 50.8 Å². The highest BCUT2D eigenvalue weighted by atomic mass is 127. The van der Waals surface area contributed by atoms with Crippen molar-refractivity contribution in [3.8, 4) is 0 Å². The van der Waals surface area contributed by atoms with Crippen molar-refractivity contribution in [2.24, 2.45) is 10.9 Å². The summed E-state index contributed by atoms with van der Waals surface area (Å²) in [4.78, 5) is 6.94. The normalized spacial score (nSPS) is 14.0. The van der Waals surface area contributed by atoms with Gasteiger partial charge in [-0.15, -0.1) is 24.0 Å². The Morgan fingerprint density at radius 1 is 1.19 bits per heavy atom. The summed E-state index contributed by atoms with van der Waals surface area (Å²) >= 11 is 0. The molecular weight excluding hydrogens is 441 g/mol. The van der Waals surface area contributed by atoms with Gasteiger partial charge in [0.2, 0.25) is 0 Å². The second kappa shape index (κ2) is 13.3. The largest absolute Gasteiger partial charge is 0.379 e. The lowest BCUT2D eigenvalue weighted by molar-refractivity contribution is 0.115. The summed E-state index contributed by atoms with van der Waals surface area (Å²) in [7, 11) is 2.06. The second-order valence-corrected chi connectivity index (χ2v) is 6.52. The Morgan fingerprint density at radius 2 is 1.92 bits per heavy atom. The highest BCUT2D eigenvalue weighted by molar-refractivity contribution is 14.0. The molecule has 0 bridgehead atoms. The maximum absolute atomic E-state index is 5.74. The molecule has 1 saturated carbocycles. The Labute approximate surface area is 175 Å². The highest BCUT2D eigenvalue weighted by Gasteiger charge is 2.21. The molecule has 1 aliphatic carbocycles. The first-order valence-corrected chi connectivity index (χ1v) is 9.46. The molecule has 1 aromatic carbocycles. The van der Waals surface area contributed by atoms with Crippen LogP contribution in [0.5, 0.6) is 0 Å². The SMILES string of the molecule is CCNC(=NCc1ccccc1COCC)N(C)CCOCC1CC1.I. The van der Waals surface area contributed by atoms with E-state index in [-0.39, 0.29) is 24.0 Å². The summed E-state index contributed by atoms with van der Waals surface area (Å²) in [5, 5.41) is 3.37. The Morgan fingerprint density at radius 3 is 2.58 bits per heavy atom. The lowest BCUT2D eigenvalue weighted by Crippen LogP contribution is -2.40. The molecule has 1 fully saturated rings. The van der Waals surface area contributed by atoms with Crippen LogP contribution in [0.4, 0.5) is 0 Å². The maximum Gasteiger partial charge on any atom is 0.194 e.